The number of ether oxygens (including phenoxy) is 1. The number of carbonyl (C=O) groups is 1. The van der Waals surface area contributed by atoms with Crippen LogP contribution in [-0.2, 0) is 0 Å². The third-order valence-electron chi connectivity index (χ3n) is 2.90. The van der Waals surface area contributed by atoms with Gasteiger partial charge in [0.2, 0.25) is 0 Å². The maximum absolute atomic E-state index is 11.7. The van der Waals surface area contributed by atoms with Crippen molar-refractivity contribution in [2.24, 2.45) is 0 Å². The van der Waals surface area contributed by atoms with Gasteiger partial charge in [-0.1, -0.05) is 18.2 Å². The van der Waals surface area contributed by atoms with Crippen LogP contribution in [0.15, 0.2) is 48.5 Å². The maximum atomic E-state index is 11.7. The average Bonchev–Trinajstić information content (AvgIpc) is 2.52. The molecule has 0 radical (unpaired) electrons. The van der Waals surface area contributed by atoms with Gasteiger partial charge in [0.15, 0.2) is 0 Å². The number of anilines is 1. The van der Waals surface area contributed by atoms with Crippen LogP contribution in [0.2, 0.25) is 0 Å². The fraction of sp³-hybridized carbons (Fsp3) is 0.176. The molecule has 2 aromatic rings. The Hall–Kier alpha value is -3.00. The first-order valence-corrected chi connectivity index (χ1v) is 6.92. The van der Waals surface area contributed by atoms with Crippen molar-refractivity contribution in [2.75, 3.05) is 18.5 Å². The fourth-order valence-corrected chi connectivity index (χ4v) is 1.88. The molecule has 0 unspecified atom stereocenters. The molecule has 0 aromatic heterocycles. The monoisotopic (exact) mass is 295 g/mol. The van der Waals surface area contributed by atoms with Crippen LogP contribution < -0.4 is 15.4 Å². The van der Waals surface area contributed by atoms with Gasteiger partial charge in [0.1, 0.15) is 12.4 Å². The average molecular weight is 295 g/mol. The molecule has 0 fully saturated rings. The molecule has 2 aromatic carbocycles. The summed E-state index contributed by atoms with van der Waals surface area (Å²) in [6.07, 6.45) is 0. The Kier molecular flexibility index (Phi) is 5.38. The molecule has 0 saturated carbocycles. The van der Waals surface area contributed by atoms with E-state index in [2.05, 4.69) is 10.6 Å². The van der Waals surface area contributed by atoms with Crippen molar-refractivity contribution in [3.8, 4) is 11.8 Å². The van der Waals surface area contributed by atoms with Gasteiger partial charge in [-0.3, -0.25) is 0 Å². The summed E-state index contributed by atoms with van der Waals surface area (Å²) >= 11 is 0. The van der Waals surface area contributed by atoms with Crippen molar-refractivity contribution in [2.45, 2.75) is 6.92 Å². The summed E-state index contributed by atoms with van der Waals surface area (Å²) in [6, 6.07) is 16.2. The van der Waals surface area contributed by atoms with Crippen LogP contribution in [0.4, 0.5) is 10.5 Å². The number of nitrogens with zero attached hydrogens (tertiary/aromatic N) is 1. The molecule has 5 heteroatoms. The molecular weight excluding hydrogens is 278 g/mol. The highest BCUT2D eigenvalue weighted by atomic mass is 16.5. The summed E-state index contributed by atoms with van der Waals surface area (Å²) in [5.74, 6) is 0.781. The molecule has 0 aliphatic rings. The van der Waals surface area contributed by atoms with E-state index < -0.39 is 0 Å². The van der Waals surface area contributed by atoms with Gasteiger partial charge < -0.3 is 15.4 Å². The molecule has 2 rings (SSSR count). The Morgan fingerprint density at radius 2 is 2.05 bits per heavy atom. The molecular formula is C17H17N3O2. The van der Waals surface area contributed by atoms with Crippen LogP contribution >= 0.6 is 0 Å². The first-order valence-electron chi connectivity index (χ1n) is 6.92. The van der Waals surface area contributed by atoms with Crippen molar-refractivity contribution < 1.29 is 9.53 Å². The SMILES string of the molecule is Cc1cccc(OCCNC(=O)Nc2cccc(C#N)c2)c1. The standard InChI is InChI=1S/C17H17N3O2/c1-13-4-2-7-16(10-13)22-9-8-19-17(21)20-15-6-3-5-14(11-15)12-18/h2-7,10-11H,8-9H2,1H3,(H2,19,20,21). The zero-order valence-corrected chi connectivity index (χ0v) is 12.3. The van der Waals surface area contributed by atoms with E-state index in [4.69, 9.17) is 10.00 Å². The van der Waals surface area contributed by atoms with Crippen LogP contribution in [0.25, 0.3) is 0 Å². The van der Waals surface area contributed by atoms with Crippen molar-refractivity contribution >= 4 is 11.7 Å². The molecule has 0 heterocycles. The highest BCUT2D eigenvalue weighted by Crippen LogP contribution is 2.12. The second-order valence-corrected chi connectivity index (χ2v) is 4.74. The lowest BCUT2D eigenvalue weighted by Gasteiger charge is -2.09. The molecule has 0 aliphatic carbocycles. The van der Waals surface area contributed by atoms with Gasteiger partial charge >= 0.3 is 6.03 Å². The third kappa shape index (κ3) is 4.84. The van der Waals surface area contributed by atoms with E-state index in [-0.39, 0.29) is 6.03 Å². The van der Waals surface area contributed by atoms with E-state index in [1.165, 1.54) is 0 Å². The summed E-state index contributed by atoms with van der Waals surface area (Å²) in [7, 11) is 0. The zero-order valence-electron chi connectivity index (χ0n) is 12.3. The van der Waals surface area contributed by atoms with Crippen LogP contribution in [0.1, 0.15) is 11.1 Å². The van der Waals surface area contributed by atoms with Gasteiger partial charge in [-0.15, -0.1) is 0 Å². The van der Waals surface area contributed by atoms with Crippen LogP contribution in [0.3, 0.4) is 0 Å². The number of hydrogen-bond acceptors (Lipinski definition) is 3. The van der Waals surface area contributed by atoms with Gasteiger partial charge in [-0.05, 0) is 42.8 Å². The third-order valence-corrected chi connectivity index (χ3v) is 2.90. The Morgan fingerprint density at radius 3 is 2.82 bits per heavy atom. The highest BCUT2D eigenvalue weighted by molar-refractivity contribution is 5.89. The van der Waals surface area contributed by atoms with Gasteiger partial charge in [-0.25, -0.2) is 4.79 Å². The number of aryl methyl sites for hydroxylation is 1. The number of nitriles is 1. The summed E-state index contributed by atoms with van der Waals surface area (Å²) in [5.41, 5.74) is 2.21. The summed E-state index contributed by atoms with van der Waals surface area (Å²) in [5, 5.41) is 14.2. The molecule has 5 nitrogen and oxygen atoms in total. The van der Waals surface area contributed by atoms with E-state index in [9.17, 15) is 4.79 Å². The molecule has 0 saturated heterocycles. The Morgan fingerprint density at radius 1 is 1.23 bits per heavy atom. The van der Waals surface area contributed by atoms with Crippen molar-refractivity contribution in [1.82, 2.24) is 5.32 Å². The lowest BCUT2D eigenvalue weighted by atomic mass is 10.2. The van der Waals surface area contributed by atoms with E-state index in [0.29, 0.717) is 24.4 Å². The minimum absolute atomic E-state index is 0.331. The van der Waals surface area contributed by atoms with Crippen molar-refractivity contribution in [3.63, 3.8) is 0 Å². The minimum atomic E-state index is -0.331. The molecule has 0 aliphatic heterocycles. The van der Waals surface area contributed by atoms with Crippen LogP contribution in [0.5, 0.6) is 5.75 Å². The largest absolute Gasteiger partial charge is 0.492 e. The molecule has 22 heavy (non-hydrogen) atoms. The second kappa shape index (κ2) is 7.70. The molecule has 0 bridgehead atoms. The molecule has 0 spiro atoms. The smallest absolute Gasteiger partial charge is 0.319 e. The van der Waals surface area contributed by atoms with E-state index in [1.54, 1.807) is 24.3 Å². The minimum Gasteiger partial charge on any atom is -0.492 e. The van der Waals surface area contributed by atoms with Gasteiger partial charge in [0.05, 0.1) is 18.2 Å². The molecule has 0 atom stereocenters. The Balaban J connectivity index is 1.73. The number of nitrogens with one attached hydrogen (secondary N) is 2. The van der Waals surface area contributed by atoms with Crippen LogP contribution in [-0.4, -0.2) is 19.2 Å². The predicted octanol–water partition coefficient (Wildman–Crippen LogP) is 3.07. The second-order valence-electron chi connectivity index (χ2n) is 4.74. The van der Waals surface area contributed by atoms with Gasteiger partial charge in [0, 0.05) is 5.69 Å². The molecule has 112 valence electrons. The van der Waals surface area contributed by atoms with E-state index in [1.807, 2.05) is 37.3 Å². The van der Waals surface area contributed by atoms with E-state index >= 15 is 0 Å². The van der Waals surface area contributed by atoms with Crippen LogP contribution in [0, 0.1) is 18.3 Å². The Labute approximate surface area is 129 Å². The number of urea groups is 1. The first kappa shape index (κ1) is 15.4. The highest BCUT2D eigenvalue weighted by Gasteiger charge is 2.02. The van der Waals surface area contributed by atoms with E-state index in [0.717, 1.165) is 11.3 Å². The number of hydrogen-bond donors (Lipinski definition) is 2. The summed E-state index contributed by atoms with van der Waals surface area (Å²) in [6.45, 7) is 2.76. The number of amides is 2. The molecule has 2 N–H and O–H groups in total. The first-order chi connectivity index (χ1) is 10.7. The lowest BCUT2D eigenvalue weighted by molar-refractivity contribution is 0.247. The maximum Gasteiger partial charge on any atom is 0.319 e. The Bertz CT molecular complexity index is 692. The van der Waals surface area contributed by atoms with Crippen molar-refractivity contribution in [1.29, 1.82) is 5.26 Å². The summed E-state index contributed by atoms with van der Waals surface area (Å²) < 4.78 is 5.54. The van der Waals surface area contributed by atoms with Gasteiger partial charge in [0.25, 0.3) is 0 Å². The quantitative estimate of drug-likeness (QED) is 0.832. The molecule has 2 amide bonds. The topological polar surface area (TPSA) is 74.2 Å². The normalized spacial score (nSPS) is 9.64. The number of carbonyl (C=O) groups excluding carboxylic acids is 1. The lowest BCUT2D eigenvalue weighted by Crippen LogP contribution is -2.32. The van der Waals surface area contributed by atoms with Gasteiger partial charge in [-0.2, -0.15) is 5.26 Å². The predicted molar refractivity (Wildman–Crippen MR) is 84.9 cm³/mol. The van der Waals surface area contributed by atoms with Crippen molar-refractivity contribution in [3.05, 3.63) is 59.7 Å². The zero-order chi connectivity index (χ0) is 15.8. The summed E-state index contributed by atoms with van der Waals surface area (Å²) in [4.78, 5) is 11.7. The fourth-order valence-electron chi connectivity index (χ4n) is 1.88. The number of benzene rings is 2. The number of rotatable bonds is 5.